The van der Waals surface area contributed by atoms with Crippen LogP contribution < -0.4 is 10.6 Å². The summed E-state index contributed by atoms with van der Waals surface area (Å²) in [4.78, 5) is 16.5. The number of amides is 1. The number of anilines is 2. The van der Waals surface area contributed by atoms with Gasteiger partial charge in [0.2, 0.25) is 5.13 Å². The Hall–Kier alpha value is -1.58. The quantitative estimate of drug-likeness (QED) is 0.829. The molecule has 2 aromatic rings. The van der Waals surface area contributed by atoms with Crippen molar-refractivity contribution in [2.75, 3.05) is 23.8 Å². The summed E-state index contributed by atoms with van der Waals surface area (Å²) >= 11 is 2.78. The highest BCUT2D eigenvalue weighted by Crippen LogP contribution is 2.32. The van der Waals surface area contributed by atoms with Gasteiger partial charge >= 0.3 is 0 Å². The molecule has 0 aromatic carbocycles. The second kappa shape index (κ2) is 7.33. The van der Waals surface area contributed by atoms with Crippen LogP contribution in [0.2, 0.25) is 0 Å². The molecular weight excluding hydrogens is 334 g/mol. The van der Waals surface area contributed by atoms with E-state index in [4.69, 9.17) is 4.74 Å². The van der Waals surface area contributed by atoms with Crippen LogP contribution in [0.25, 0.3) is 0 Å². The largest absolute Gasteiger partial charge is 0.371 e. The lowest BCUT2D eigenvalue weighted by molar-refractivity contribution is 0.102. The van der Waals surface area contributed by atoms with E-state index in [1.165, 1.54) is 22.7 Å². The van der Waals surface area contributed by atoms with E-state index in [0.717, 1.165) is 36.1 Å². The van der Waals surface area contributed by atoms with E-state index in [-0.39, 0.29) is 12.0 Å². The summed E-state index contributed by atoms with van der Waals surface area (Å²) in [6.07, 6.45) is 2.01. The van der Waals surface area contributed by atoms with E-state index in [1.54, 1.807) is 5.38 Å². The first-order valence-electron chi connectivity index (χ1n) is 7.57. The van der Waals surface area contributed by atoms with Gasteiger partial charge in [0.05, 0.1) is 0 Å². The van der Waals surface area contributed by atoms with Gasteiger partial charge in [-0.3, -0.25) is 10.1 Å². The van der Waals surface area contributed by atoms with Gasteiger partial charge in [0.25, 0.3) is 5.91 Å². The minimum atomic E-state index is -0.270. The fourth-order valence-electron chi connectivity index (χ4n) is 2.10. The van der Waals surface area contributed by atoms with Gasteiger partial charge in [-0.05, 0) is 18.8 Å². The first-order chi connectivity index (χ1) is 11.1. The van der Waals surface area contributed by atoms with Crippen molar-refractivity contribution in [2.45, 2.75) is 32.8 Å². The van der Waals surface area contributed by atoms with Crippen LogP contribution in [0.15, 0.2) is 5.38 Å². The van der Waals surface area contributed by atoms with Gasteiger partial charge in [0.15, 0.2) is 5.13 Å². The van der Waals surface area contributed by atoms with E-state index in [2.05, 4.69) is 39.7 Å². The van der Waals surface area contributed by atoms with Crippen molar-refractivity contribution in [1.29, 1.82) is 0 Å². The molecule has 124 valence electrons. The number of nitrogens with zero attached hydrogens (tertiary/aromatic N) is 3. The molecule has 0 aliphatic carbocycles. The fraction of sp³-hybridized carbons (Fsp3) is 0.571. The van der Waals surface area contributed by atoms with Crippen LogP contribution in [0.1, 0.15) is 48.3 Å². The Bertz CT molecular complexity index is 664. The minimum absolute atomic E-state index is 0.0178. The molecule has 0 spiro atoms. The average Bonchev–Trinajstić information content (AvgIpc) is 3.25. The highest BCUT2D eigenvalue weighted by atomic mass is 32.1. The Morgan fingerprint density at radius 1 is 1.43 bits per heavy atom. The Balaban J connectivity index is 1.58. The molecule has 0 saturated carbocycles. The Morgan fingerprint density at radius 3 is 3.04 bits per heavy atom. The zero-order valence-corrected chi connectivity index (χ0v) is 14.7. The molecule has 3 heterocycles. The number of aromatic nitrogens is 3. The molecule has 1 amide bonds. The molecule has 3 rings (SSSR count). The lowest BCUT2D eigenvalue weighted by Crippen LogP contribution is -2.13. The molecule has 1 saturated heterocycles. The Morgan fingerprint density at radius 2 is 2.30 bits per heavy atom. The van der Waals surface area contributed by atoms with E-state index in [0.29, 0.717) is 16.7 Å². The molecule has 1 atom stereocenters. The van der Waals surface area contributed by atoms with E-state index < -0.39 is 0 Å². The van der Waals surface area contributed by atoms with Gasteiger partial charge in [0.1, 0.15) is 16.8 Å². The zero-order valence-electron chi connectivity index (χ0n) is 13.0. The molecule has 7 nitrogen and oxygen atoms in total. The molecular formula is C14H19N5O2S2. The number of hydrogen-bond acceptors (Lipinski definition) is 8. The van der Waals surface area contributed by atoms with Crippen LogP contribution in [0.3, 0.4) is 0 Å². The van der Waals surface area contributed by atoms with Crippen LogP contribution >= 0.6 is 22.7 Å². The molecule has 0 radical (unpaired) electrons. The second-order valence-corrected chi connectivity index (χ2v) is 7.58. The molecule has 2 N–H and O–H groups in total. The molecule has 2 aromatic heterocycles. The SMILES string of the molecule is CC(C)CNc1nc(C(=O)Nc2nnc([C@@H]3CCCO3)s2)cs1. The number of hydrogen-bond donors (Lipinski definition) is 2. The molecule has 23 heavy (non-hydrogen) atoms. The number of carbonyl (C=O) groups is 1. The van der Waals surface area contributed by atoms with Gasteiger partial charge < -0.3 is 10.1 Å². The molecule has 0 unspecified atom stereocenters. The Labute approximate surface area is 142 Å². The minimum Gasteiger partial charge on any atom is -0.371 e. The van der Waals surface area contributed by atoms with Crippen molar-refractivity contribution in [1.82, 2.24) is 15.2 Å². The van der Waals surface area contributed by atoms with Crippen LogP contribution in [-0.4, -0.2) is 34.2 Å². The second-order valence-electron chi connectivity index (χ2n) is 5.71. The smallest absolute Gasteiger partial charge is 0.277 e. The summed E-state index contributed by atoms with van der Waals surface area (Å²) in [5.74, 6) is 0.252. The monoisotopic (exact) mass is 353 g/mol. The number of nitrogens with one attached hydrogen (secondary N) is 2. The molecule has 1 aliphatic heterocycles. The van der Waals surface area contributed by atoms with Gasteiger partial charge in [-0.25, -0.2) is 4.98 Å². The van der Waals surface area contributed by atoms with Crippen molar-refractivity contribution in [3.8, 4) is 0 Å². The third kappa shape index (κ3) is 4.24. The average molecular weight is 353 g/mol. The topological polar surface area (TPSA) is 89.0 Å². The van der Waals surface area contributed by atoms with Crippen LogP contribution in [0.5, 0.6) is 0 Å². The summed E-state index contributed by atoms with van der Waals surface area (Å²) < 4.78 is 5.57. The van der Waals surface area contributed by atoms with E-state index in [9.17, 15) is 4.79 Å². The number of ether oxygens (including phenoxy) is 1. The maximum Gasteiger partial charge on any atom is 0.277 e. The number of carbonyl (C=O) groups excluding carboxylic acids is 1. The highest BCUT2D eigenvalue weighted by Gasteiger charge is 2.22. The predicted molar refractivity (Wildman–Crippen MR) is 91.2 cm³/mol. The van der Waals surface area contributed by atoms with E-state index >= 15 is 0 Å². The maximum absolute atomic E-state index is 12.2. The molecule has 1 aliphatic rings. The standard InChI is InChI=1S/C14H19N5O2S2/c1-8(2)6-15-13-16-9(7-22-13)11(20)17-14-19-18-12(23-14)10-4-3-5-21-10/h7-8,10H,3-6H2,1-2H3,(H,15,16)(H,17,19,20)/t10-/m0/s1. The first-order valence-corrected chi connectivity index (χ1v) is 9.27. The third-order valence-electron chi connectivity index (χ3n) is 3.26. The lowest BCUT2D eigenvalue weighted by atomic mass is 10.2. The molecule has 0 bridgehead atoms. The highest BCUT2D eigenvalue weighted by molar-refractivity contribution is 7.15. The van der Waals surface area contributed by atoms with Crippen molar-refractivity contribution < 1.29 is 9.53 Å². The number of thiazole rings is 1. The van der Waals surface area contributed by atoms with E-state index in [1.807, 2.05) is 0 Å². The summed E-state index contributed by atoms with van der Waals surface area (Å²) in [7, 11) is 0. The van der Waals surface area contributed by atoms with Gasteiger partial charge in [-0.15, -0.1) is 21.5 Å². The van der Waals surface area contributed by atoms with Crippen LogP contribution in [0.4, 0.5) is 10.3 Å². The summed E-state index contributed by atoms with van der Waals surface area (Å²) in [5.41, 5.74) is 0.384. The molecule has 9 heteroatoms. The van der Waals surface area contributed by atoms with Crippen LogP contribution in [-0.2, 0) is 4.74 Å². The van der Waals surface area contributed by atoms with Gasteiger partial charge in [0, 0.05) is 18.5 Å². The van der Waals surface area contributed by atoms with Crippen molar-refractivity contribution in [3.63, 3.8) is 0 Å². The summed E-state index contributed by atoms with van der Waals surface area (Å²) in [5, 5.41) is 17.8. The zero-order chi connectivity index (χ0) is 16.2. The maximum atomic E-state index is 12.2. The third-order valence-corrected chi connectivity index (χ3v) is 5.00. The molecule has 1 fully saturated rings. The van der Waals surface area contributed by atoms with Gasteiger partial charge in [-0.2, -0.15) is 0 Å². The van der Waals surface area contributed by atoms with Crippen molar-refractivity contribution in [2.24, 2.45) is 5.92 Å². The lowest BCUT2D eigenvalue weighted by Gasteiger charge is -2.04. The Kier molecular flexibility index (Phi) is 5.19. The van der Waals surface area contributed by atoms with Crippen LogP contribution in [0, 0.1) is 5.92 Å². The normalized spacial score (nSPS) is 17.6. The van der Waals surface area contributed by atoms with Crippen molar-refractivity contribution >= 4 is 38.8 Å². The summed E-state index contributed by atoms with van der Waals surface area (Å²) in [6, 6.07) is 0. The number of rotatable bonds is 6. The predicted octanol–water partition coefficient (Wildman–Crippen LogP) is 3.17. The van der Waals surface area contributed by atoms with Crippen molar-refractivity contribution in [3.05, 3.63) is 16.1 Å². The summed E-state index contributed by atoms with van der Waals surface area (Å²) in [6.45, 7) is 5.83. The first kappa shape index (κ1) is 16.3. The fourth-order valence-corrected chi connectivity index (χ4v) is 3.62. The van der Waals surface area contributed by atoms with Gasteiger partial charge in [-0.1, -0.05) is 25.2 Å².